The van der Waals surface area contributed by atoms with Crippen LogP contribution in [0, 0.1) is 0 Å². The summed E-state index contributed by atoms with van der Waals surface area (Å²) >= 11 is 1.51. The van der Waals surface area contributed by atoms with Crippen LogP contribution in [0.15, 0.2) is 52.1 Å². The van der Waals surface area contributed by atoms with Gasteiger partial charge in [0.05, 0.1) is 15.0 Å². The average Bonchev–Trinajstić information content (AvgIpc) is 2.83. The maximum Gasteiger partial charge on any atom is 0.0911 e. The topological polar surface area (TPSA) is 43.1 Å². The molecule has 4 heteroatoms. The molecule has 2 aromatic rings. The van der Waals surface area contributed by atoms with Crippen LogP contribution in [0.5, 0.6) is 0 Å². The number of hydrogen-bond acceptors (Lipinski definition) is 3. The molecule has 0 fully saturated rings. The first-order valence-electron chi connectivity index (χ1n) is 5.00. The van der Waals surface area contributed by atoms with Crippen molar-refractivity contribution < 1.29 is 4.21 Å². The standard InChI is InChI=1S/C12H13NOS2/c13-11(10-5-2-1-3-6-10)9-16(14)12-7-4-8-15-12/h1-8,11H,9,13H2. The van der Waals surface area contributed by atoms with Crippen molar-refractivity contribution in [2.75, 3.05) is 5.75 Å². The Balaban J connectivity index is 2.03. The maximum absolute atomic E-state index is 11.9. The van der Waals surface area contributed by atoms with Crippen molar-refractivity contribution in [3.63, 3.8) is 0 Å². The molecule has 2 N–H and O–H groups in total. The highest BCUT2D eigenvalue weighted by Crippen LogP contribution is 2.18. The average molecular weight is 251 g/mol. The van der Waals surface area contributed by atoms with Gasteiger partial charge in [0.15, 0.2) is 0 Å². The Labute approximate surface area is 102 Å². The van der Waals surface area contributed by atoms with Gasteiger partial charge in [-0.2, -0.15) is 0 Å². The van der Waals surface area contributed by atoms with Gasteiger partial charge in [-0.05, 0) is 17.0 Å². The Morgan fingerprint density at radius 2 is 1.94 bits per heavy atom. The van der Waals surface area contributed by atoms with Crippen molar-refractivity contribution in [2.45, 2.75) is 10.3 Å². The molecule has 2 atom stereocenters. The summed E-state index contributed by atoms with van der Waals surface area (Å²) in [6.07, 6.45) is 0. The fraction of sp³-hybridized carbons (Fsp3) is 0.167. The van der Waals surface area contributed by atoms with Gasteiger partial charge in [-0.1, -0.05) is 36.4 Å². The molecule has 0 aliphatic rings. The van der Waals surface area contributed by atoms with E-state index < -0.39 is 10.8 Å². The van der Waals surface area contributed by atoms with E-state index in [9.17, 15) is 4.21 Å². The van der Waals surface area contributed by atoms with Gasteiger partial charge in [0.25, 0.3) is 0 Å². The van der Waals surface area contributed by atoms with Crippen molar-refractivity contribution in [1.82, 2.24) is 0 Å². The van der Waals surface area contributed by atoms with Gasteiger partial charge in [0.2, 0.25) is 0 Å². The van der Waals surface area contributed by atoms with E-state index in [4.69, 9.17) is 5.73 Å². The first-order valence-corrected chi connectivity index (χ1v) is 7.19. The highest BCUT2D eigenvalue weighted by Gasteiger charge is 2.12. The molecule has 84 valence electrons. The minimum absolute atomic E-state index is 0.163. The molecule has 2 unspecified atom stereocenters. The van der Waals surface area contributed by atoms with E-state index in [0.717, 1.165) is 9.77 Å². The summed E-state index contributed by atoms with van der Waals surface area (Å²) < 4.78 is 12.8. The van der Waals surface area contributed by atoms with Crippen molar-refractivity contribution in [3.05, 3.63) is 53.4 Å². The SMILES string of the molecule is NC(CS(=O)c1cccs1)c1ccccc1. The Bertz CT molecular complexity index is 453. The zero-order valence-corrected chi connectivity index (χ0v) is 10.3. The normalized spacial score (nSPS) is 14.6. The molecule has 0 radical (unpaired) electrons. The van der Waals surface area contributed by atoms with Crippen LogP contribution >= 0.6 is 11.3 Å². The molecule has 0 aliphatic heterocycles. The molecule has 0 spiro atoms. The lowest BCUT2D eigenvalue weighted by atomic mass is 10.1. The number of benzene rings is 1. The third-order valence-corrected chi connectivity index (χ3v) is 5.03. The zero-order valence-electron chi connectivity index (χ0n) is 8.71. The smallest absolute Gasteiger partial charge is 0.0911 e. The fourth-order valence-electron chi connectivity index (χ4n) is 1.43. The summed E-state index contributed by atoms with van der Waals surface area (Å²) in [5, 5.41) is 1.93. The molecule has 1 aromatic carbocycles. The van der Waals surface area contributed by atoms with Crippen molar-refractivity contribution in [3.8, 4) is 0 Å². The summed E-state index contributed by atoms with van der Waals surface area (Å²) in [5.74, 6) is 0.477. The number of hydrogen-bond donors (Lipinski definition) is 1. The van der Waals surface area contributed by atoms with Crippen LogP contribution in [0.25, 0.3) is 0 Å². The Morgan fingerprint density at radius 3 is 2.56 bits per heavy atom. The lowest BCUT2D eigenvalue weighted by Gasteiger charge is -2.10. The highest BCUT2D eigenvalue weighted by molar-refractivity contribution is 7.87. The van der Waals surface area contributed by atoms with E-state index in [-0.39, 0.29) is 6.04 Å². The molecule has 0 saturated heterocycles. The highest BCUT2D eigenvalue weighted by atomic mass is 32.2. The molecule has 0 saturated carbocycles. The summed E-state index contributed by atoms with van der Waals surface area (Å²) in [6.45, 7) is 0. The second kappa shape index (κ2) is 5.39. The predicted octanol–water partition coefficient (Wildman–Crippen LogP) is 2.56. The van der Waals surface area contributed by atoms with Crippen molar-refractivity contribution in [2.24, 2.45) is 5.73 Å². The monoisotopic (exact) mass is 251 g/mol. The van der Waals surface area contributed by atoms with E-state index in [1.165, 1.54) is 11.3 Å². The van der Waals surface area contributed by atoms with E-state index in [2.05, 4.69) is 0 Å². The molecule has 0 aliphatic carbocycles. The van der Waals surface area contributed by atoms with Gasteiger partial charge in [-0.3, -0.25) is 4.21 Å². The van der Waals surface area contributed by atoms with Gasteiger partial charge in [-0.15, -0.1) is 11.3 Å². The summed E-state index contributed by atoms with van der Waals surface area (Å²) in [5.41, 5.74) is 7.05. The van der Waals surface area contributed by atoms with E-state index in [1.54, 1.807) is 0 Å². The Kier molecular flexibility index (Phi) is 3.88. The lowest BCUT2D eigenvalue weighted by molar-refractivity contribution is 0.676. The molecule has 1 heterocycles. The molecule has 0 amide bonds. The Hall–Kier alpha value is -0.970. The third kappa shape index (κ3) is 2.78. The van der Waals surface area contributed by atoms with E-state index >= 15 is 0 Å². The van der Waals surface area contributed by atoms with Crippen LogP contribution < -0.4 is 5.73 Å². The Morgan fingerprint density at radius 1 is 1.19 bits per heavy atom. The van der Waals surface area contributed by atoms with Gasteiger partial charge in [-0.25, -0.2) is 0 Å². The minimum atomic E-state index is -0.989. The molecular weight excluding hydrogens is 238 g/mol. The van der Waals surface area contributed by atoms with Gasteiger partial charge in [0.1, 0.15) is 0 Å². The van der Waals surface area contributed by atoms with Crippen LogP contribution in [-0.2, 0) is 10.8 Å². The van der Waals surface area contributed by atoms with Crippen molar-refractivity contribution in [1.29, 1.82) is 0 Å². The predicted molar refractivity (Wildman–Crippen MR) is 69.0 cm³/mol. The van der Waals surface area contributed by atoms with Gasteiger partial charge < -0.3 is 5.73 Å². The number of rotatable bonds is 4. The largest absolute Gasteiger partial charge is 0.323 e. The molecule has 16 heavy (non-hydrogen) atoms. The van der Waals surface area contributed by atoms with Crippen molar-refractivity contribution >= 4 is 22.1 Å². The quantitative estimate of drug-likeness (QED) is 0.907. The summed E-state index contributed by atoms with van der Waals surface area (Å²) in [7, 11) is -0.989. The first kappa shape index (κ1) is 11.5. The van der Waals surface area contributed by atoms with E-state index in [0.29, 0.717) is 5.75 Å². The number of nitrogens with two attached hydrogens (primary N) is 1. The first-order chi connectivity index (χ1) is 7.77. The van der Waals surface area contributed by atoms with Crippen LogP contribution in [0.1, 0.15) is 11.6 Å². The van der Waals surface area contributed by atoms with Crippen LogP contribution in [0.2, 0.25) is 0 Å². The fourth-order valence-corrected chi connectivity index (χ4v) is 3.60. The van der Waals surface area contributed by atoms with Gasteiger partial charge in [0, 0.05) is 11.8 Å². The second-order valence-corrected chi connectivity index (χ2v) is 6.13. The zero-order chi connectivity index (χ0) is 11.4. The van der Waals surface area contributed by atoms with Crippen LogP contribution in [0.3, 0.4) is 0 Å². The van der Waals surface area contributed by atoms with Crippen LogP contribution in [0.4, 0.5) is 0 Å². The second-order valence-electron chi connectivity index (χ2n) is 3.46. The molecule has 2 nitrogen and oxygen atoms in total. The molecule has 1 aromatic heterocycles. The van der Waals surface area contributed by atoms with Crippen LogP contribution in [-0.4, -0.2) is 9.96 Å². The molecule has 0 bridgehead atoms. The third-order valence-electron chi connectivity index (χ3n) is 2.28. The lowest BCUT2D eigenvalue weighted by Crippen LogP contribution is -2.17. The van der Waals surface area contributed by atoms with E-state index in [1.807, 2.05) is 47.8 Å². The summed E-state index contributed by atoms with van der Waals surface area (Å²) in [4.78, 5) is 0. The minimum Gasteiger partial charge on any atom is -0.323 e. The maximum atomic E-state index is 11.9. The molecule has 2 rings (SSSR count). The molecular formula is C12H13NOS2. The van der Waals surface area contributed by atoms with Gasteiger partial charge >= 0.3 is 0 Å². The summed E-state index contributed by atoms with van der Waals surface area (Å²) in [6, 6.07) is 13.4. The number of thiophene rings is 1.